The van der Waals surface area contributed by atoms with Crippen molar-refractivity contribution in [1.29, 1.82) is 0 Å². The van der Waals surface area contributed by atoms with Crippen molar-refractivity contribution < 1.29 is 9.59 Å². The normalized spacial score (nSPS) is 11.9. The van der Waals surface area contributed by atoms with Crippen LogP contribution in [0.15, 0.2) is 42.5 Å². The molecule has 2 aromatic carbocycles. The Morgan fingerprint density at radius 1 is 1.14 bits per heavy atom. The molecule has 0 unspecified atom stereocenters. The van der Waals surface area contributed by atoms with Crippen molar-refractivity contribution in [2.45, 2.75) is 25.8 Å². The van der Waals surface area contributed by atoms with Gasteiger partial charge in [-0.1, -0.05) is 30.3 Å². The summed E-state index contributed by atoms with van der Waals surface area (Å²) in [6, 6.07) is 13.1. The van der Waals surface area contributed by atoms with Gasteiger partial charge in [0.25, 0.3) is 0 Å². The van der Waals surface area contributed by atoms with Crippen LogP contribution in [0.25, 0.3) is 10.8 Å². The summed E-state index contributed by atoms with van der Waals surface area (Å²) in [4.78, 5) is 22.8. The summed E-state index contributed by atoms with van der Waals surface area (Å²) in [6.45, 7) is 2.00. The second-order valence-electron chi connectivity index (χ2n) is 5.28. The van der Waals surface area contributed by atoms with E-state index in [0.717, 1.165) is 16.5 Å². The van der Waals surface area contributed by atoms with Gasteiger partial charge >= 0.3 is 0 Å². The Kier molecular flexibility index (Phi) is 5.49. The fraction of sp³-hybridized carbons (Fsp3) is 0.294. The molecule has 2 rings (SSSR count). The molecule has 4 N–H and O–H groups in total. The first-order chi connectivity index (χ1) is 10.6. The van der Waals surface area contributed by atoms with Crippen LogP contribution in [0.3, 0.4) is 0 Å². The number of anilines is 1. The SMILES string of the molecule is CC(=O)NCCC[C@@H](N)C(=O)Nc1ccc2ccccc2c1. The largest absolute Gasteiger partial charge is 0.356 e. The molecule has 0 aliphatic rings. The van der Waals surface area contributed by atoms with Gasteiger partial charge in [-0.25, -0.2) is 0 Å². The van der Waals surface area contributed by atoms with Crippen LogP contribution >= 0.6 is 0 Å². The lowest BCUT2D eigenvalue weighted by molar-refractivity contribution is -0.119. The molecule has 0 heterocycles. The number of rotatable bonds is 6. The van der Waals surface area contributed by atoms with E-state index in [9.17, 15) is 9.59 Å². The van der Waals surface area contributed by atoms with E-state index in [1.54, 1.807) is 0 Å². The zero-order chi connectivity index (χ0) is 15.9. The Morgan fingerprint density at radius 3 is 2.59 bits per heavy atom. The average molecular weight is 299 g/mol. The number of nitrogens with one attached hydrogen (secondary N) is 2. The van der Waals surface area contributed by atoms with Crippen molar-refractivity contribution in [3.8, 4) is 0 Å². The molecule has 1 atom stereocenters. The van der Waals surface area contributed by atoms with Crippen LogP contribution < -0.4 is 16.4 Å². The lowest BCUT2D eigenvalue weighted by Crippen LogP contribution is -2.36. The molecule has 0 saturated heterocycles. The molecule has 5 nitrogen and oxygen atoms in total. The molecular weight excluding hydrogens is 278 g/mol. The van der Waals surface area contributed by atoms with E-state index in [-0.39, 0.29) is 11.8 Å². The first-order valence-electron chi connectivity index (χ1n) is 7.36. The van der Waals surface area contributed by atoms with Crippen LogP contribution in [0, 0.1) is 0 Å². The van der Waals surface area contributed by atoms with Crippen LogP contribution in [-0.2, 0) is 9.59 Å². The number of benzene rings is 2. The van der Waals surface area contributed by atoms with Crippen LogP contribution in [0.5, 0.6) is 0 Å². The minimum atomic E-state index is -0.583. The molecule has 0 bridgehead atoms. The highest BCUT2D eigenvalue weighted by Gasteiger charge is 2.13. The van der Waals surface area contributed by atoms with Gasteiger partial charge in [0, 0.05) is 19.2 Å². The Hall–Kier alpha value is -2.40. The summed E-state index contributed by atoms with van der Waals surface area (Å²) in [5, 5.41) is 7.71. The van der Waals surface area contributed by atoms with Gasteiger partial charge in [-0.3, -0.25) is 9.59 Å². The molecule has 0 aromatic heterocycles. The van der Waals surface area contributed by atoms with Gasteiger partial charge in [0.2, 0.25) is 11.8 Å². The average Bonchev–Trinajstić information content (AvgIpc) is 2.51. The second-order valence-corrected chi connectivity index (χ2v) is 5.28. The lowest BCUT2D eigenvalue weighted by Gasteiger charge is -2.13. The molecule has 22 heavy (non-hydrogen) atoms. The molecule has 0 aliphatic heterocycles. The van der Waals surface area contributed by atoms with Gasteiger partial charge in [0.15, 0.2) is 0 Å². The van der Waals surface area contributed by atoms with Gasteiger partial charge in [0.1, 0.15) is 0 Å². The van der Waals surface area contributed by atoms with Crippen molar-refractivity contribution in [2.24, 2.45) is 5.73 Å². The summed E-state index contributed by atoms with van der Waals surface area (Å²) in [5.41, 5.74) is 6.61. The molecular formula is C17H21N3O2. The van der Waals surface area contributed by atoms with Gasteiger partial charge in [-0.05, 0) is 35.7 Å². The van der Waals surface area contributed by atoms with Crippen molar-refractivity contribution in [2.75, 3.05) is 11.9 Å². The van der Waals surface area contributed by atoms with Crippen molar-refractivity contribution >= 4 is 28.3 Å². The summed E-state index contributed by atoms with van der Waals surface area (Å²) >= 11 is 0. The maximum absolute atomic E-state index is 12.1. The van der Waals surface area contributed by atoms with E-state index in [1.165, 1.54) is 6.92 Å². The summed E-state index contributed by atoms with van der Waals surface area (Å²) < 4.78 is 0. The number of nitrogens with two attached hydrogens (primary N) is 1. The third kappa shape index (κ3) is 4.56. The Morgan fingerprint density at radius 2 is 1.86 bits per heavy atom. The summed E-state index contributed by atoms with van der Waals surface area (Å²) in [5.74, 6) is -0.285. The fourth-order valence-corrected chi connectivity index (χ4v) is 2.22. The van der Waals surface area contributed by atoms with E-state index in [0.29, 0.717) is 19.4 Å². The Labute approximate surface area is 129 Å². The van der Waals surface area contributed by atoms with Crippen molar-refractivity contribution in [3.63, 3.8) is 0 Å². The molecule has 0 aliphatic carbocycles. The predicted molar refractivity (Wildman–Crippen MR) is 88.5 cm³/mol. The predicted octanol–water partition coefficient (Wildman–Crippen LogP) is 2.02. The smallest absolute Gasteiger partial charge is 0.241 e. The van der Waals surface area contributed by atoms with Crippen molar-refractivity contribution in [3.05, 3.63) is 42.5 Å². The highest BCUT2D eigenvalue weighted by atomic mass is 16.2. The van der Waals surface area contributed by atoms with E-state index in [2.05, 4.69) is 10.6 Å². The molecule has 2 amide bonds. The summed E-state index contributed by atoms with van der Waals surface area (Å²) in [7, 11) is 0. The van der Waals surface area contributed by atoms with Gasteiger partial charge in [-0.15, -0.1) is 0 Å². The standard InChI is InChI=1S/C17H21N3O2/c1-12(21)19-10-4-7-16(18)17(22)20-15-9-8-13-5-2-3-6-14(13)11-15/h2-3,5-6,8-9,11,16H,4,7,10,18H2,1H3,(H,19,21)(H,20,22)/t16-/m1/s1. The molecule has 2 aromatic rings. The van der Waals surface area contributed by atoms with Crippen LogP contribution in [0.1, 0.15) is 19.8 Å². The first kappa shape index (κ1) is 16.0. The highest BCUT2D eigenvalue weighted by molar-refractivity contribution is 5.97. The molecule has 0 saturated carbocycles. The Balaban J connectivity index is 1.88. The fourth-order valence-electron chi connectivity index (χ4n) is 2.22. The number of hydrogen-bond donors (Lipinski definition) is 3. The molecule has 5 heteroatoms. The quantitative estimate of drug-likeness (QED) is 0.713. The van der Waals surface area contributed by atoms with E-state index >= 15 is 0 Å². The topological polar surface area (TPSA) is 84.2 Å². The maximum Gasteiger partial charge on any atom is 0.241 e. The number of hydrogen-bond acceptors (Lipinski definition) is 3. The Bertz CT molecular complexity index is 670. The van der Waals surface area contributed by atoms with Crippen LogP contribution in [0.2, 0.25) is 0 Å². The van der Waals surface area contributed by atoms with Crippen molar-refractivity contribution in [1.82, 2.24) is 5.32 Å². The molecule has 0 radical (unpaired) electrons. The van der Waals surface area contributed by atoms with Crippen LogP contribution in [-0.4, -0.2) is 24.4 Å². The monoisotopic (exact) mass is 299 g/mol. The van der Waals surface area contributed by atoms with E-state index < -0.39 is 6.04 Å². The number of amides is 2. The van der Waals surface area contributed by atoms with Gasteiger partial charge < -0.3 is 16.4 Å². The van der Waals surface area contributed by atoms with Crippen LogP contribution in [0.4, 0.5) is 5.69 Å². The molecule has 0 spiro atoms. The summed E-state index contributed by atoms with van der Waals surface area (Å²) in [6.07, 6.45) is 1.20. The van der Waals surface area contributed by atoms with Gasteiger partial charge in [-0.2, -0.15) is 0 Å². The second kappa shape index (κ2) is 7.56. The van der Waals surface area contributed by atoms with Gasteiger partial charge in [0.05, 0.1) is 6.04 Å². The third-order valence-corrected chi connectivity index (χ3v) is 3.42. The minimum Gasteiger partial charge on any atom is -0.356 e. The molecule has 116 valence electrons. The lowest BCUT2D eigenvalue weighted by atomic mass is 10.1. The minimum absolute atomic E-state index is 0.0748. The highest BCUT2D eigenvalue weighted by Crippen LogP contribution is 2.19. The van der Waals surface area contributed by atoms with E-state index in [1.807, 2.05) is 42.5 Å². The number of carbonyl (C=O) groups is 2. The maximum atomic E-state index is 12.1. The third-order valence-electron chi connectivity index (χ3n) is 3.42. The molecule has 0 fully saturated rings. The number of fused-ring (bicyclic) bond motifs is 1. The van der Waals surface area contributed by atoms with E-state index in [4.69, 9.17) is 5.73 Å². The zero-order valence-corrected chi connectivity index (χ0v) is 12.6. The zero-order valence-electron chi connectivity index (χ0n) is 12.6. The first-order valence-corrected chi connectivity index (χ1v) is 7.36. The number of carbonyl (C=O) groups excluding carboxylic acids is 2.